The van der Waals surface area contributed by atoms with Gasteiger partial charge in [-0.15, -0.1) is 11.8 Å². The van der Waals surface area contributed by atoms with Crippen LogP contribution in [-0.4, -0.2) is 66.8 Å². The average molecular weight is 500 g/mol. The molecule has 4 heterocycles. The molecule has 0 aromatic carbocycles. The summed E-state index contributed by atoms with van der Waals surface area (Å²) in [5, 5.41) is 22.0. The van der Waals surface area contributed by atoms with Gasteiger partial charge < -0.3 is 20.3 Å². The maximum Gasteiger partial charge on any atom is 0.330 e. The number of pyridine rings is 2. The van der Waals surface area contributed by atoms with E-state index in [9.17, 15) is 24.6 Å². The van der Waals surface area contributed by atoms with Crippen LogP contribution in [0.4, 0.5) is 0 Å². The number of carbonyl (C=O) groups excluding carboxylic acids is 1. The first kappa shape index (κ1) is 24.8. The number of aromatic amines is 1. The molecule has 35 heavy (non-hydrogen) atoms. The predicted octanol–water partition coefficient (Wildman–Crippen LogP) is 0.465. The Morgan fingerprint density at radius 2 is 2.00 bits per heavy atom. The summed E-state index contributed by atoms with van der Waals surface area (Å²) in [4.78, 5) is 48.1. The van der Waals surface area contributed by atoms with Gasteiger partial charge in [0.25, 0.3) is 11.5 Å². The Balaban J connectivity index is 1.36. The first-order chi connectivity index (χ1) is 16.9. The second-order valence-corrected chi connectivity index (χ2v) is 9.16. The van der Waals surface area contributed by atoms with Crippen molar-refractivity contribution in [3.05, 3.63) is 74.8 Å². The largest absolute Gasteiger partial charge is 0.394 e. The van der Waals surface area contributed by atoms with Crippen LogP contribution in [0.5, 0.6) is 0 Å². The van der Waals surface area contributed by atoms with E-state index in [2.05, 4.69) is 20.3 Å². The van der Waals surface area contributed by atoms with E-state index in [-0.39, 0.29) is 30.4 Å². The number of H-pyrrole nitrogens is 1. The number of aromatic nitrogens is 4. The number of ether oxygens (including phenoxy) is 1. The van der Waals surface area contributed by atoms with Crippen LogP contribution in [0.3, 0.4) is 0 Å². The summed E-state index contributed by atoms with van der Waals surface area (Å²) in [5.41, 5.74) is 1.52. The maximum atomic E-state index is 12.6. The van der Waals surface area contributed by atoms with E-state index >= 15 is 0 Å². The van der Waals surface area contributed by atoms with E-state index in [4.69, 9.17) is 4.74 Å². The molecule has 3 aromatic heterocycles. The summed E-state index contributed by atoms with van der Waals surface area (Å²) in [5.74, 6) is 0.0850. The standard InChI is InChI=1S/C23H25N5O6S/c1-13-2-4-24-15(8-13)16-9-14(3-5-25-16)21(31)26-6-7-35-19-11-28(23(33)27-22(19)32)20-10-17(30)18(12-29)34-20/h2-5,8-9,11,17-18,20,29-30H,6-7,10,12H2,1H3,(H,26,31)(H,27,32,33)/t17-,18+,20+/m0/s1. The monoisotopic (exact) mass is 499 g/mol. The van der Waals surface area contributed by atoms with Crippen LogP contribution in [0, 0.1) is 6.92 Å². The molecule has 12 heteroatoms. The van der Waals surface area contributed by atoms with Gasteiger partial charge in [-0.3, -0.25) is 29.1 Å². The molecule has 1 saturated heterocycles. The van der Waals surface area contributed by atoms with Gasteiger partial charge in [-0.05, 0) is 36.8 Å². The number of aliphatic hydroxyl groups excluding tert-OH is 2. The third-order valence-electron chi connectivity index (χ3n) is 5.47. The molecule has 1 amide bonds. The van der Waals surface area contributed by atoms with Crippen molar-refractivity contribution in [1.29, 1.82) is 0 Å². The fourth-order valence-electron chi connectivity index (χ4n) is 3.65. The topological polar surface area (TPSA) is 159 Å². The number of nitrogens with zero attached hydrogens (tertiary/aromatic N) is 3. The number of hydrogen-bond donors (Lipinski definition) is 4. The molecule has 4 rings (SSSR count). The Morgan fingerprint density at radius 1 is 1.26 bits per heavy atom. The van der Waals surface area contributed by atoms with Crippen LogP contribution >= 0.6 is 11.8 Å². The lowest BCUT2D eigenvalue weighted by Crippen LogP contribution is -2.33. The number of thioether (sulfide) groups is 1. The normalized spacial score (nSPS) is 19.6. The van der Waals surface area contributed by atoms with Crippen molar-refractivity contribution in [2.75, 3.05) is 18.9 Å². The highest BCUT2D eigenvalue weighted by Gasteiger charge is 2.35. The van der Waals surface area contributed by atoms with Gasteiger partial charge in [0.15, 0.2) is 0 Å². The van der Waals surface area contributed by atoms with Gasteiger partial charge in [0.1, 0.15) is 12.3 Å². The number of carbonyl (C=O) groups is 1. The minimum atomic E-state index is -0.912. The Bertz CT molecular complexity index is 1330. The van der Waals surface area contributed by atoms with Crippen LogP contribution in [-0.2, 0) is 4.74 Å². The van der Waals surface area contributed by atoms with E-state index in [0.717, 1.165) is 5.56 Å². The molecule has 0 unspecified atom stereocenters. The highest BCUT2D eigenvalue weighted by atomic mass is 32.2. The maximum absolute atomic E-state index is 12.6. The first-order valence-corrected chi connectivity index (χ1v) is 11.9. The van der Waals surface area contributed by atoms with Crippen molar-refractivity contribution in [3.63, 3.8) is 0 Å². The fourth-order valence-corrected chi connectivity index (χ4v) is 4.44. The zero-order valence-corrected chi connectivity index (χ0v) is 19.7. The van der Waals surface area contributed by atoms with Crippen molar-refractivity contribution >= 4 is 17.7 Å². The molecule has 1 aliphatic rings. The highest BCUT2D eigenvalue weighted by Crippen LogP contribution is 2.28. The number of rotatable bonds is 8. The van der Waals surface area contributed by atoms with Crippen LogP contribution in [0.25, 0.3) is 11.4 Å². The van der Waals surface area contributed by atoms with E-state index in [1.165, 1.54) is 22.5 Å². The Kier molecular flexibility index (Phi) is 7.76. The summed E-state index contributed by atoms with van der Waals surface area (Å²) in [6.45, 7) is 1.84. The quantitative estimate of drug-likeness (QED) is 0.255. The second kappa shape index (κ2) is 11.0. The van der Waals surface area contributed by atoms with E-state index < -0.39 is 29.7 Å². The minimum Gasteiger partial charge on any atom is -0.394 e. The second-order valence-electron chi connectivity index (χ2n) is 8.03. The van der Waals surface area contributed by atoms with Crippen molar-refractivity contribution in [2.45, 2.75) is 36.7 Å². The third kappa shape index (κ3) is 5.85. The van der Waals surface area contributed by atoms with Gasteiger partial charge in [-0.2, -0.15) is 0 Å². The molecule has 0 saturated carbocycles. The molecule has 1 aliphatic heterocycles. The molecule has 3 atom stereocenters. The summed E-state index contributed by atoms with van der Waals surface area (Å²) in [6.07, 6.45) is 2.22. The summed E-state index contributed by atoms with van der Waals surface area (Å²) < 4.78 is 6.70. The van der Waals surface area contributed by atoms with Crippen LogP contribution < -0.4 is 16.6 Å². The first-order valence-electron chi connectivity index (χ1n) is 11.0. The van der Waals surface area contributed by atoms with Gasteiger partial charge in [-0.1, -0.05) is 0 Å². The molecule has 1 fully saturated rings. The van der Waals surface area contributed by atoms with Crippen LogP contribution in [0.1, 0.15) is 28.6 Å². The number of nitrogens with one attached hydrogen (secondary N) is 2. The molecular weight excluding hydrogens is 474 g/mol. The van der Waals surface area contributed by atoms with Crippen LogP contribution in [0.15, 0.2) is 57.3 Å². The smallest absolute Gasteiger partial charge is 0.330 e. The SMILES string of the molecule is Cc1ccnc(-c2cc(C(=O)NCCSc3cn([C@H]4C[C@H](O)[C@@H](CO)O4)c(=O)[nH]c3=O)ccn2)c1. The zero-order chi connectivity index (χ0) is 24.9. The lowest BCUT2D eigenvalue weighted by molar-refractivity contribution is -0.0461. The van der Waals surface area contributed by atoms with Crippen molar-refractivity contribution in [3.8, 4) is 11.4 Å². The number of aliphatic hydroxyl groups is 2. The summed E-state index contributed by atoms with van der Waals surface area (Å²) >= 11 is 1.17. The Morgan fingerprint density at radius 3 is 2.71 bits per heavy atom. The van der Waals surface area contributed by atoms with Gasteiger partial charge in [-0.25, -0.2) is 4.79 Å². The van der Waals surface area contributed by atoms with E-state index in [1.54, 1.807) is 24.5 Å². The van der Waals surface area contributed by atoms with Gasteiger partial charge in [0, 0.05) is 42.9 Å². The van der Waals surface area contributed by atoms with Crippen molar-refractivity contribution in [2.24, 2.45) is 0 Å². The summed E-state index contributed by atoms with van der Waals surface area (Å²) in [6, 6.07) is 7.04. The number of hydrogen-bond acceptors (Lipinski definition) is 9. The van der Waals surface area contributed by atoms with Crippen LogP contribution in [0.2, 0.25) is 0 Å². The summed E-state index contributed by atoms with van der Waals surface area (Å²) in [7, 11) is 0. The molecule has 0 radical (unpaired) electrons. The lowest BCUT2D eigenvalue weighted by atomic mass is 10.1. The van der Waals surface area contributed by atoms with E-state index in [1.807, 2.05) is 19.1 Å². The molecule has 0 bridgehead atoms. The lowest BCUT2D eigenvalue weighted by Gasteiger charge is -2.15. The van der Waals surface area contributed by atoms with Gasteiger partial charge in [0.05, 0.1) is 29.0 Å². The zero-order valence-electron chi connectivity index (χ0n) is 18.9. The molecule has 4 N–H and O–H groups in total. The van der Waals surface area contributed by atoms with Crippen molar-refractivity contribution in [1.82, 2.24) is 24.8 Å². The molecule has 0 aliphatic carbocycles. The number of aryl methyl sites for hydroxylation is 1. The molecule has 11 nitrogen and oxygen atoms in total. The van der Waals surface area contributed by atoms with Gasteiger partial charge >= 0.3 is 5.69 Å². The van der Waals surface area contributed by atoms with Crippen molar-refractivity contribution < 1.29 is 19.7 Å². The predicted molar refractivity (Wildman–Crippen MR) is 128 cm³/mol. The Labute approximate surface area is 204 Å². The minimum absolute atomic E-state index is 0.114. The molecular formula is C23H25N5O6S. The molecule has 0 spiro atoms. The number of amides is 1. The Hall–Kier alpha value is -3.32. The molecule has 184 valence electrons. The fraction of sp³-hybridized carbons (Fsp3) is 0.348. The average Bonchev–Trinajstić information content (AvgIpc) is 3.23. The van der Waals surface area contributed by atoms with Gasteiger partial charge in [0.2, 0.25) is 0 Å². The molecule has 3 aromatic rings. The highest BCUT2D eigenvalue weighted by molar-refractivity contribution is 7.99. The third-order valence-corrected chi connectivity index (χ3v) is 6.48. The van der Waals surface area contributed by atoms with E-state index in [0.29, 0.717) is 22.7 Å².